The van der Waals surface area contributed by atoms with E-state index in [4.69, 9.17) is 22.7 Å². The zero-order valence-corrected chi connectivity index (χ0v) is 11.3. The molecule has 98 valence electrons. The number of carbonyl (C=O) groups excluding carboxylic acids is 1. The Balaban J connectivity index is 2.34. The summed E-state index contributed by atoms with van der Waals surface area (Å²) in [6.07, 6.45) is 0.689. The Kier molecular flexibility index (Phi) is 5.80. The predicted molar refractivity (Wildman–Crippen MR) is 70.8 cm³/mol. The first kappa shape index (κ1) is 14.3. The number of thiocarbonyl (C=S) groups is 1. The van der Waals surface area contributed by atoms with Crippen LogP contribution in [0, 0.1) is 5.92 Å². The lowest BCUT2D eigenvalue weighted by Gasteiger charge is -2.30. The van der Waals surface area contributed by atoms with E-state index < -0.39 is 0 Å². The number of nitrogens with one attached hydrogen (secondary N) is 1. The van der Waals surface area contributed by atoms with Crippen molar-refractivity contribution in [2.45, 2.75) is 19.4 Å². The van der Waals surface area contributed by atoms with Crippen LogP contribution in [0.15, 0.2) is 0 Å². The average Bonchev–Trinajstić information content (AvgIpc) is 2.27. The van der Waals surface area contributed by atoms with Gasteiger partial charge in [0.25, 0.3) is 0 Å². The predicted octanol–water partition coefficient (Wildman–Crippen LogP) is -0.254. The molecule has 1 heterocycles. The fourth-order valence-electron chi connectivity index (χ4n) is 1.84. The van der Waals surface area contributed by atoms with E-state index in [1.54, 1.807) is 0 Å². The van der Waals surface area contributed by atoms with Crippen LogP contribution < -0.4 is 11.1 Å². The van der Waals surface area contributed by atoms with Crippen molar-refractivity contribution < 1.29 is 9.53 Å². The summed E-state index contributed by atoms with van der Waals surface area (Å²) in [7, 11) is 2.04. The van der Waals surface area contributed by atoms with Crippen molar-refractivity contribution in [3.05, 3.63) is 0 Å². The molecule has 0 aromatic rings. The number of nitrogens with zero attached hydrogens (tertiary/aromatic N) is 1. The summed E-state index contributed by atoms with van der Waals surface area (Å²) in [6, 6.07) is 0. The number of hydrogen-bond donors (Lipinski definition) is 2. The zero-order valence-electron chi connectivity index (χ0n) is 10.4. The number of nitrogens with two attached hydrogens (primary N) is 1. The van der Waals surface area contributed by atoms with E-state index in [0.29, 0.717) is 19.6 Å². The largest absolute Gasteiger partial charge is 0.393 e. The van der Waals surface area contributed by atoms with E-state index in [1.807, 2.05) is 14.0 Å². The van der Waals surface area contributed by atoms with Gasteiger partial charge in [0.05, 0.1) is 23.6 Å². The number of ether oxygens (including phenoxy) is 1. The van der Waals surface area contributed by atoms with Crippen LogP contribution in [0.5, 0.6) is 0 Å². The molecule has 6 heteroatoms. The first-order valence-electron chi connectivity index (χ1n) is 5.91. The van der Waals surface area contributed by atoms with Crippen LogP contribution >= 0.6 is 12.2 Å². The van der Waals surface area contributed by atoms with Crippen molar-refractivity contribution in [1.29, 1.82) is 0 Å². The monoisotopic (exact) mass is 259 g/mol. The van der Waals surface area contributed by atoms with Gasteiger partial charge in [0.2, 0.25) is 5.91 Å². The lowest BCUT2D eigenvalue weighted by atomic mass is 10.1. The van der Waals surface area contributed by atoms with E-state index in [9.17, 15) is 4.79 Å². The van der Waals surface area contributed by atoms with Gasteiger partial charge in [-0.2, -0.15) is 0 Å². The average molecular weight is 259 g/mol. The topological polar surface area (TPSA) is 67.6 Å². The first-order chi connectivity index (χ1) is 8.04. The molecule has 1 aliphatic rings. The van der Waals surface area contributed by atoms with E-state index in [2.05, 4.69) is 10.2 Å². The molecule has 1 amide bonds. The Morgan fingerprint density at radius 2 is 2.41 bits per heavy atom. The van der Waals surface area contributed by atoms with Crippen LogP contribution in [-0.2, 0) is 9.53 Å². The molecule has 1 fully saturated rings. The lowest BCUT2D eigenvalue weighted by Crippen LogP contribution is -2.47. The molecule has 1 rings (SSSR count). The maximum Gasteiger partial charge on any atom is 0.230 e. The van der Waals surface area contributed by atoms with E-state index in [-0.39, 0.29) is 22.9 Å². The Morgan fingerprint density at radius 3 is 2.94 bits per heavy atom. The molecular weight excluding hydrogens is 238 g/mol. The number of morpholine rings is 1. The molecule has 0 saturated carbocycles. The minimum absolute atomic E-state index is 0.0570. The van der Waals surface area contributed by atoms with Gasteiger partial charge in [-0.15, -0.1) is 0 Å². The smallest absolute Gasteiger partial charge is 0.230 e. The van der Waals surface area contributed by atoms with Crippen molar-refractivity contribution in [2.24, 2.45) is 11.7 Å². The van der Waals surface area contributed by atoms with Crippen LogP contribution in [0.25, 0.3) is 0 Å². The number of amides is 1. The summed E-state index contributed by atoms with van der Waals surface area (Å²) < 4.78 is 5.55. The second-order valence-corrected chi connectivity index (χ2v) is 4.83. The van der Waals surface area contributed by atoms with E-state index >= 15 is 0 Å². The summed E-state index contributed by atoms with van der Waals surface area (Å²) in [4.78, 5) is 14.2. The van der Waals surface area contributed by atoms with Crippen molar-refractivity contribution in [3.63, 3.8) is 0 Å². The molecule has 0 aliphatic carbocycles. The fourth-order valence-corrected chi connectivity index (χ4v) is 2.12. The van der Waals surface area contributed by atoms with Crippen molar-refractivity contribution in [2.75, 3.05) is 33.3 Å². The van der Waals surface area contributed by atoms with Gasteiger partial charge in [-0.1, -0.05) is 19.1 Å². The molecule has 0 spiro atoms. The molecule has 0 bridgehead atoms. The molecule has 0 radical (unpaired) electrons. The SMILES string of the molecule is CCC(C(=O)NCC1CN(C)CCO1)C(N)=S. The molecule has 0 aromatic heterocycles. The van der Waals surface area contributed by atoms with Gasteiger partial charge < -0.3 is 20.7 Å². The normalized spacial score (nSPS) is 23.1. The van der Waals surface area contributed by atoms with E-state index in [1.165, 1.54) is 0 Å². The van der Waals surface area contributed by atoms with Crippen LogP contribution in [0.3, 0.4) is 0 Å². The molecule has 1 saturated heterocycles. The van der Waals surface area contributed by atoms with Gasteiger partial charge in [-0.3, -0.25) is 4.79 Å². The Morgan fingerprint density at radius 1 is 1.71 bits per heavy atom. The Bertz CT molecular complexity index is 286. The molecule has 1 aliphatic heterocycles. The molecule has 5 nitrogen and oxygen atoms in total. The minimum Gasteiger partial charge on any atom is -0.393 e. The summed E-state index contributed by atoms with van der Waals surface area (Å²) in [6.45, 7) is 4.90. The molecular formula is C11H21N3O2S. The van der Waals surface area contributed by atoms with Gasteiger partial charge in [0.1, 0.15) is 0 Å². The summed E-state index contributed by atoms with van der Waals surface area (Å²) in [5, 5.41) is 2.85. The summed E-state index contributed by atoms with van der Waals surface area (Å²) >= 11 is 4.86. The van der Waals surface area contributed by atoms with Gasteiger partial charge >= 0.3 is 0 Å². The van der Waals surface area contributed by atoms with Crippen molar-refractivity contribution in [3.8, 4) is 0 Å². The molecule has 2 unspecified atom stereocenters. The summed E-state index contributed by atoms with van der Waals surface area (Å²) in [5.74, 6) is -0.469. The first-order valence-corrected chi connectivity index (χ1v) is 6.32. The maximum atomic E-state index is 11.8. The minimum atomic E-state index is -0.369. The highest BCUT2D eigenvalue weighted by Crippen LogP contribution is 2.05. The van der Waals surface area contributed by atoms with E-state index in [0.717, 1.165) is 13.1 Å². The van der Waals surface area contributed by atoms with Crippen LogP contribution in [0.2, 0.25) is 0 Å². The quantitative estimate of drug-likeness (QED) is 0.666. The summed E-state index contributed by atoms with van der Waals surface area (Å²) in [5.41, 5.74) is 5.51. The van der Waals surface area contributed by atoms with Gasteiger partial charge in [-0.05, 0) is 13.5 Å². The van der Waals surface area contributed by atoms with Crippen LogP contribution in [0.1, 0.15) is 13.3 Å². The highest BCUT2D eigenvalue weighted by molar-refractivity contribution is 7.80. The van der Waals surface area contributed by atoms with Crippen molar-refractivity contribution >= 4 is 23.1 Å². The molecule has 0 aromatic carbocycles. The third kappa shape index (κ3) is 4.57. The van der Waals surface area contributed by atoms with Gasteiger partial charge in [0.15, 0.2) is 0 Å². The second kappa shape index (κ2) is 6.88. The van der Waals surface area contributed by atoms with Gasteiger partial charge in [0, 0.05) is 19.6 Å². The highest BCUT2D eigenvalue weighted by atomic mass is 32.1. The number of rotatable bonds is 5. The van der Waals surface area contributed by atoms with Gasteiger partial charge in [-0.25, -0.2) is 0 Å². The number of likely N-dealkylation sites (N-methyl/N-ethyl adjacent to an activating group) is 1. The third-order valence-corrected chi connectivity index (χ3v) is 3.20. The van der Waals surface area contributed by atoms with Crippen LogP contribution in [0.4, 0.5) is 0 Å². The Hall–Kier alpha value is -0.720. The lowest BCUT2D eigenvalue weighted by molar-refractivity contribution is -0.124. The second-order valence-electron chi connectivity index (χ2n) is 4.36. The zero-order chi connectivity index (χ0) is 12.8. The Labute approximate surface area is 108 Å². The third-order valence-electron chi connectivity index (χ3n) is 2.91. The van der Waals surface area contributed by atoms with Crippen LogP contribution in [-0.4, -0.2) is 55.2 Å². The molecule has 17 heavy (non-hydrogen) atoms. The highest BCUT2D eigenvalue weighted by Gasteiger charge is 2.22. The molecule has 3 N–H and O–H groups in total. The number of carbonyl (C=O) groups is 1. The maximum absolute atomic E-state index is 11.8. The fraction of sp³-hybridized carbons (Fsp3) is 0.818. The molecule has 2 atom stereocenters. The standard InChI is InChI=1S/C11H21N3O2S/c1-3-9(10(12)17)11(15)13-6-8-7-14(2)4-5-16-8/h8-9H,3-7H2,1-2H3,(H2,12,17)(H,13,15). The van der Waals surface area contributed by atoms with Crippen molar-refractivity contribution in [1.82, 2.24) is 10.2 Å². The number of hydrogen-bond acceptors (Lipinski definition) is 4.